The highest BCUT2D eigenvalue weighted by atomic mass is 15.2. The molecule has 1 aliphatic heterocycles. The molecule has 0 bridgehead atoms. The lowest BCUT2D eigenvalue weighted by atomic mass is 9.99. The fourth-order valence-corrected chi connectivity index (χ4v) is 2.94. The maximum absolute atomic E-state index is 4.64. The van der Waals surface area contributed by atoms with Crippen LogP contribution in [0.2, 0.25) is 0 Å². The van der Waals surface area contributed by atoms with E-state index >= 15 is 0 Å². The number of hydrogen-bond acceptors (Lipinski definition) is 3. The molecular weight excluding hydrogens is 234 g/mol. The fraction of sp³-hybridized carbons (Fsp3) is 0.438. The Morgan fingerprint density at radius 2 is 2.21 bits per heavy atom. The zero-order chi connectivity index (χ0) is 13.2. The molecule has 1 unspecified atom stereocenters. The highest BCUT2D eigenvalue weighted by Gasteiger charge is 2.19. The average molecular weight is 255 g/mol. The third-order valence-electron chi connectivity index (χ3n) is 3.99. The van der Waals surface area contributed by atoms with E-state index in [0.717, 1.165) is 30.5 Å². The summed E-state index contributed by atoms with van der Waals surface area (Å²) in [6.45, 7) is 4.58. The largest absolute Gasteiger partial charge is 0.388 e. The Balaban J connectivity index is 2.06. The minimum atomic E-state index is 0.762. The molecule has 3 nitrogen and oxygen atoms in total. The molecule has 0 spiro atoms. The standard InChI is InChI=1S/C16H21N3/c1-12-4-3-9-19(11-12)16-15-10-14(17-2)6-5-13(15)7-8-18-16/h5-8,10,12,17H,3-4,9,11H2,1-2H3. The molecule has 0 saturated carbocycles. The van der Waals surface area contributed by atoms with E-state index in [0.29, 0.717) is 0 Å². The number of pyridine rings is 1. The molecule has 0 aliphatic carbocycles. The van der Waals surface area contributed by atoms with Crippen molar-refractivity contribution in [3.8, 4) is 0 Å². The number of nitrogens with one attached hydrogen (secondary N) is 1. The summed E-state index contributed by atoms with van der Waals surface area (Å²) in [6.07, 6.45) is 4.53. The van der Waals surface area contributed by atoms with Crippen molar-refractivity contribution in [1.82, 2.24) is 4.98 Å². The number of anilines is 2. The average Bonchev–Trinajstić information content (AvgIpc) is 2.46. The summed E-state index contributed by atoms with van der Waals surface area (Å²) in [6, 6.07) is 8.58. The molecular formula is C16H21N3. The second kappa shape index (κ2) is 5.08. The predicted octanol–water partition coefficient (Wildman–Crippen LogP) is 3.51. The van der Waals surface area contributed by atoms with E-state index in [2.05, 4.69) is 46.4 Å². The molecule has 19 heavy (non-hydrogen) atoms. The highest BCUT2D eigenvalue weighted by molar-refractivity contribution is 5.94. The van der Waals surface area contributed by atoms with Gasteiger partial charge in [0.25, 0.3) is 0 Å². The summed E-state index contributed by atoms with van der Waals surface area (Å²) in [5.74, 6) is 1.90. The first-order valence-electron chi connectivity index (χ1n) is 7.09. The van der Waals surface area contributed by atoms with Gasteiger partial charge in [-0.25, -0.2) is 4.98 Å². The number of rotatable bonds is 2. The van der Waals surface area contributed by atoms with Gasteiger partial charge in [-0.15, -0.1) is 0 Å². The molecule has 2 heterocycles. The third kappa shape index (κ3) is 2.37. The Morgan fingerprint density at radius 1 is 1.32 bits per heavy atom. The van der Waals surface area contributed by atoms with Crippen LogP contribution < -0.4 is 10.2 Å². The molecule has 3 rings (SSSR count). The SMILES string of the molecule is CNc1ccc2ccnc(N3CCCC(C)C3)c2c1. The number of benzene rings is 1. The van der Waals surface area contributed by atoms with Crippen molar-refractivity contribution in [3.05, 3.63) is 30.5 Å². The van der Waals surface area contributed by atoms with Gasteiger partial charge in [-0.2, -0.15) is 0 Å². The fourth-order valence-electron chi connectivity index (χ4n) is 2.94. The zero-order valence-corrected chi connectivity index (χ0v) is 11.7. The monoisotopic (exact) mass is 255 g/mol. The van der Waals surface area contributed by atoms with Crippen molar-refractivity contribution in [3.63, 3.8) is 0 Å². The van der Waals surface area contributed by atoms with Gasteiger partial charge < -0.3 is 10.2 Å². The van der Waals surface area contributed by atoms with Gasteiger partial charge in [-0.05, 0) is 42.3 Å². The molecule has 3 heteroatoms. The van der Waals surface area contributed by atoms with Crippen LogP contribution in [0.3, 0.4) is 0 Å². The maximum atomic E-state index is 4.64. The topological polar surface area (TPSA) is 28.2 Å². The first kappa shape index (κ1) is 12.3. The smallest absolute Gasteiger partial charge is 0.136 e. The van der Waals surface area contributed by atoms with Crippen molar-refractivity contribution in [1.29, 1.82) is 0 Å². The molecule has 0 radical (unpaired) electrons. The number of hydrogen-bond donors (Lipinski definition) is 1. The second-order valence-electron chi connectivity index (χ2n) is 5.51. The molecule has 1 atom stereocenters. The first-order chi connectivity index (χ1) is 9.28. The Labute approximate surface area is 114 Å². The van der Waals surface area contributed by atoms with Crippen molar-refractivity contribution >= 4 is 22.3 Å². The van der Waals surface area contributed by atoms with E-state index < -0.39 is 0 Å². The van der Waals surface area contributed by atoms with Gasteiger partial charge in [0, 0.05) is 37.4 Å². The molecule has 1 aromatic carbocycles. The van der Waals surface area contributed by atoms with Crippen LogP contribution in [0.25, 0.3) is 10.8 Å². The van der Waals surface area contributed by atoms with Crippen LogP contribution in [-0.2, 0) is 0 Å². The van der Waals surface area contributed by atoms with E-state index in [-0.39, 0.29) is 0 Å². The Bertz CT molecular complexity index is 579. The van der Waals surface area contributed by atoms with Gasteiger partial charge >= 0.3 is 0 Å². The van der Waals surface area contributed by atoms with E-state index in [1.807, 2.05) is 13.2 Å². The lowest BCUT2D eigenvalue weighted by Crippen LogP contribution is -2.34. The quantitative estimate of drug-likeness (QED) is 0.890. The van der Waals surface area contributed by atoms with E-state index in [1.165, 1.54) is 23.6 Å². The summed E-state index contributed by atoms with van der Waals surface area (Å²) in [4.78, 5) is 7.08. The zero-order valence-electron chi connectivity index (χ0n) is 11.7. The summed E-state index contributed by atoms with van der Waals surface area (Å²) < 4.78 is 0. The highest BCUT2D eigenvalue weighted by Crippen LogP contribution is 2.29. The van der Waals surface area contributed by atoms with Crippen molar-refractivity contribution in [2.45, 2.75) is 19.8 Å². The van der Waals surface area contributed by atoms with Gasteiger partial charge in [0.15, 0.2) is 0 Å². The third-order valence-corrected chi connectivity index (χ3v) is 3.99. The number of nitrogens with zero attached hydrogens (tertiary/aromatic N) is 2. The van der Waals surface area contributed by atoms with Crippen LogP contribution in [0, 0.1) is 5.92 Å². The van der Waals surface area contributed by atoms with Crippen LogP contribution in [0.1, 0.15) is 19.8 Å². The Kier molecular flexibility index (Phi) is 3.28. The summed E-state index contributed by atoms with van der Waals surface area (Å²) in [5, 5.41) is 5.73. The molecule has 0 amide bonds. The molecule has 1 aliphatic rings. The number of piperidine rings is 1. The van der Waals surface area contributed by atoms with Crippen molar-refractivity contribution < 1.29 is 0 Å². The summed E-state index contributed by atoms with van der Waals surface area (Å²) in [7, 11) is 1.96. The maximum Gasteiger partial charge on any atom is 0.136 e. The number of aromatic nitrogens is 1. The molecule has 1 aromatic heterocycles. The minimum absolute atomic E-state index is 0.762. The minimum Gasteiger partial charge on any atom is -0.388 e. The van der Waals surface area contributed by atoms with Gasteiger partial charge in [0.05, 0.1) is 0 Å². The molecule has 1 fully saturated rings. The molecule has 2 aromatic rings. The normalized spacial score (nSPS) is 19.7. The van der Waals surface area contributed by atoms with Crippen LogP contribution in [0.4, 0.5) is 11.5 Å². The van der Waals surface area contributed by atoms with E-state index in [1.54, 1.807) is 0 Å². The molecule has 1 N–H and O–H groups in total. The van der Waals surface area contributed by atoms with Crippen LogP contribution >= 0.6 is 0 Å². The number of fused-ring (bicyclic) bond motifs is 1. The summed E-state index contributed by atoms with van der Waals surface area (Å²) in [5.41, 5.74) is 1.15. The Morgan fingerprint density at radius 3 is 3.00 bits per heavy atom. The predicted molar refractivity (Wildman–Crippen MR) is 81.9 cm³/mol. The second-order valence-corrected chi connectivity index (χ2v) is 5.51. The molecule has 1 saturated heterocycles. The van der Waals surface area contributed by atoms with E-state index in [4.69, 9.17) is 0 Å². The Hall–Kier alpha value is -1.77. The van der Waals surface area contributed by atoms with Gasteiger partial charge in [0.1, 0.15) is 5.82 Å². The van der Waals surface area contributed by atoms with Crippen molar-refractivity contribution in [2.24, 2.45) is 5.92 Å². The van der Waals surface area contributed by atoms with Gasteiger partial charge in [0.2, 0.25) is 0 Å². The van der Waals surface area contributed by atoms with Crippen LogP contribution in [-0.4, -0.2) is 25.1 Å². The van der Waals surface area contributed by atoms with Crippen LogP contribution in [0.5, 0.6) is 0 Å². The van der Waals surface area contributed by atoms with Crippen LogP contribution in [0.15, 0.2) is 30.5 Å². The van der Waals surface area contributed by atoms with Crippen molar-refractivity contribution in [2.75, 3.05) is 30.4 Å². The summed E-state index contributed by atoms with van der Waals surface area (Å²) >= 11 is 0. The first-order valence-corrected chi connectivity index (χ1v) is 7.09. The molecule has 100 valence electrons. The van der Waals surface area contributed by atoms with Gasteiger partial charge in [-0.3, -0.25) is 0 Å². The lowest BCUT2D eigenvalue weighted by molar-refractivity contribution is 0.445. The van der Waals surface area contributed by atoms with E-state index in [9.17, 15) is 0 Å². The lowest BCUT2D eigenvalue weighted by Gasteiger charge is -2.32. The van der Waals surface area contributed by atoms with Gasteiger partial charge in [-0.1, -0.05) is 13.0 Å².